The highest BCUT2D eigenvalue weighted by atomic mass is 32.1. The predicted molar refractivity (Wildman–Crippen MR) is 33.7 cm³/mol. The van der Waals surface area contributed by atoms with Crippen LogP contribution in [-0.4, -0.2) is 18.1 Å². The standard InChI is InChI=1S/C5H9OS/c1-5(2)6-3-4-7/h5H,3H2,1-2H3. The van der Waals surface area contributed by atoms with Crippen LogP contribution in [0.2, 0.25) is 0 Å². The van der Waals surface area contributed by atoms with E-state index < -0.39 is 0 Å². The monoisotopic (exact) mass is 117 g/mol. The van der Waals surface area contributed by atoms with E-state index >= 15 is 0 Å². The molecule has 0 fully saturated rings. The number of rotatable bonds is 3. The summed E-state index contributed by atoms with van der Waals surface area (Å²) in [5.74, 6) is 0. The molecule has 0 spiro atoms. The van der Waals surface area contributed by atoms with E-state index in [1.54, 1.807) is 0 Å². The van der Waals surface area contributed by atoms with E-state index in [1.165, 1.54) is 0 Å². The fourth-order valence-corrected chi connectivity index (χ4v) is 0.269. The largest absolute Gasteiger partial charge is 0.373 e. The van der Waals surface area contributed by atoms with E-state index in [0.29, 0.717) is 6.61 Å². The molecular weight excluding hydrogens is 108 g/mol. The molecule has 0 aliphatic carbocycles. The lowest BCUT2D eigenvalue weighted by molar-refractivity contribution is 0.114. The van der Waals surface area contributed by atoms with Gasteiger partial charge in [-0.15, -0.1) is 0 Å². The van der Waals surface area contributed by atoms with Crippen molar-refractivity contribution < 1.29 is 4.74 Å². The molecule has 0 aliphatic rings. The Labute approximate surface area is 49.7 Å². The first kappa shape index (κ1) is 7.05. The highest BCUT2D eigenvalue weighted by molar-refractivity contribution is 7.79. The summed E-state index contributed by atoms with van der Waals surface area (Å²) in [5, 5.41) is 2.46. The van der Waals surface area contributed by atoms with Crippen molar-refractivity contribution in [2.24, 2.45) is 0 Å². The third-order valence-corrected chi connectivity index (χ3v) is 0.593. The van der Waals surface area contributed by atoms with Gasteiger partial charge in [-0.1, -0.05) is 12.2 Å². The minimum atomic E-state index is 0.274. The van der Waals surface area contributed by atoms with E-state index in [1.807, 2.05) is 13.8 Å². The summed E-state index contributed by atoms with van der Waals surface area (Å²) in [4.78, 5) is 0. The first-order valence-electron chi connectivity index (χ1n) is 2.24. The second-order valence-electron chi connectivity index (χ2n) is 1.50. The number of hydrogen-bond donors (Lipinski definition) is 0. The van der Waals surface area contributed by atoms with Crippen molar-refractivity contribution in [2.75, 3.05) is 6.61 Å². The zero-order valence-corrected chi connectivity index (χ0v) is 5.42. The summed E-state index contributed by atoms with van der Waals surface area (Å²) in [5.41, 5.74) is 0. The van der Waals surface area contributed by atoms with Gasteiger partial charge in [-0.3, -0.25) is 0 Å². The van der Waals surface area contributed by atoms with Crippen molar-refractivity contribution in [3.05, 3.63) is 0 Å². The lowest BCUT2D eigenvalue weighted by Gasteiger charge is -2.00. The molecule has 0 saturated carbocycles. The van der Waals surface area contributed by atoms with Gasteiger partial charge in [0.2, 0.25) is 0 Å². The van der Waals surface area contributed by atoms with E-state index in [9.17, 15) is 0 Å². The van der Waals surface area contributed by atoms with E-state index in [-0.39, 0.29) is 6.10 Å². The fourth-order valence-electron chi connectivity index (χ4n) is 0.201. The highest BCUT2D eigenvalue weighted by Crippen LogP contribution is 1.83. The number of ether oxygens (including phenoxy) is 1. The van der Waals surface area contributed by atoms with Gasteiger partial charge in [0, 0.05) is 0 Å². The van der Waals surface area contributed by atoms with Gasteiger partial charge < -0.3 is 4.74 Å². The second-order valence-corrected chi connectivity index (χ2v) is 1.79. The maximum Gasteiger partial charge on any atom is 0.0833 e. The summed E-state index contributed by atoms with van der Waals surface area (Å²) in [6.45, 7) is 4.40. The molecule has 0 unspecified atom stereocenters. The number of thiocarbonyl (C=S) groups is 1. The van der Waals surface area contributed by atoms with Crippen LogP contribution in [0.4, 0.5) is 0 Å². The van der Waals surface area contributed by atoms with Gasteiger partial charge in [-0.25, -0.2) is 0 Å². The Hall–Kier alpha value is 0.0500. The van der Waals surface area contributed by atoms with Crippen molar-refractivity contribution in [1.82, 2.24) is 0 Å². The maximum atomic E-state index is 4.98. The molecule has 1 nitrogen and oxygen atoms in total. The molecule has 0 bridgehead atoms. The van der Waals surface area contributed by atoms with Crippen LogP contribution < -0.4 is 0 Å². The van der Waals surface area contributed by atoms with Crippen LogP contribution in [0.1, 0.15) is 13.8 Å². The van der Waals surface area contributed by atoms with Gasteiger partial charge in [-0.2, -0.15) is 0 Å². The molecule has 0 aromatic carbocycles. The third-order valence-electron chi connectivity index (χ3n) is 0.476. The second kappa shape index (κ2) is 4.22. The lowest BCUT2D eigenvalue weighted by Crippen LogP contribution is -2.03. The van der Waals surface area contributed by atoms with Crippen molar-refractivity contribution in [2.45, 2.75) is 20.0 Å². The summed E-state index contributed by atoms with van der Waals surface area (Å²) in [7, 11) is 0. The third kappa shape index (κ3) is 6.05. The Morgan fingerprint density at radius 2 is 2.29 bits per heavy atom. The molecule has 0 aromatic heterocycles. The highest BCUT2D eigenvalue weighted by Gasteiger charge is 1.86. The van der Waals surface area contributed by atoms with Crippen LogP contribution >= 0.6 is 12.2 Å². The summed E-state index contributed by atoms with van der Waals surface area (Å²) in [6.07, 6.45) is 0.274. The molecule has 2 heteroatoms. The molecule has 0 aromatic rings. The van der Waals surface area contributed by atoms with Gasteiger partial charge in [0.25, 0.3) is 0 Å². The quantitative estimate of drug-likeness (QED) is 0.515. The van der Waals surface area contributed by atoms with Crippen LogP contribution in [0.15, 0.2) is 0 Å². The molecule has 0 rings (SSSR count). The molecule has 0 saturated heterocycles. The Bertz CT molecular complexity index is 52.0. The van der Waals surface area contributed by atoms with Crippen LogP contribution in [0, 0.1) is 0 Å². The molecule has 7 heavy (non-hydrogen) atoms. The van der Waals surface area contributed by atoms with Crippen LogP contribution in [0.25, 0.3) is 0 Å². The topological polar surface area (TPSA) is 9.23 Å². The first-order chi connectivity index (χ1) is 3.27. The van der Waals surface area contributed by atoms with Crippen molar-refractivity contribution >= 4 is 17.6 Å². The van der Waals surface area contributed by atoms with Gasteiger partial charge >= 0.3 is 0 Å². The van der Waals surface area contributed by atoms with Crippen LogP contribution in [-0.2, 0) is 4.74 Å². The summed E-state index contributed by atoms with van der Waals surface area (Å²) >= 11 is 4.40. The normalized spacial score (nSPS) is 9.57. The Morgan fingerprint density at radius 3 is 2.43 bits per heavy atom. The van der Waals surface area contributed by atoms with Gasteiger partial charge in [0.1, 0.15) is 0 Å². The van der Waals surface area contributed by atoms with E-state index in [4.69, 9.17) is 4.74 Å². The fraction of sp³-hybridized carbons (Fsp3) is 0.800. The Morgan fingerprint density at radius 1 is 1.71 bits per heavy atom. The van der Waals surface area contributed by atoms with Crippen molar-refractivity contribution in [3.63, 3.8) is 0 Å². The molecule has 41 valence electrons. The smallest absolute Gasteiger partial charge is 0.0833 e. The molecule has 0 N–H and O–H groups in total. The minimum Gasteiger partial charge on any atom is -0.373 e. The van der Waals surface area contributed by atoms with E-state index in [2.05, 4.69) is 17.6 Å². The minimum absolute atomic E-state index is 0.274. The zero-order chi connectivity index (χ0) is 5.70. The van der Waals surface area contributed by atoms with Gasteiger partial charge in [-0.05, 0) is 13.8 Å². The van der Waals surface area contributed by atoms with Crippen molar-refractivity contribution in [1.29, 1.82) is 0 Å². The van der Waals surface area contributed by atoms with Crippen molar-refractivity contribution in [3.8, 4) is 0 Å². The SMILES string of the molecule is CC(C)OC[C]=S. The zero-order valence-electron chi connectivity index (χ0n) is 4.60. The summed E-state index contributed by atoms with van der Waals surface area (Å²) in [6, 6.07) is 0. The maximum absolute atomic E-state index is 4.98. The number of hydrogen-bond acceptors (Lipinski definition) is 2. The van der Waals surface area contributed by atoms with Gasteiger partial charge in [0.15, 0.2) is 0 Å². The molecule has 0 atom stereocenters. The van der Waals surface area contributed by atoms with Crippen LogP contribution in [0.3, 0.4) is 0 Å². The Balaban J connectivity index is 2.81. The lowest BCUT2D eigenvalue weighted by atomic mass is 10.5. The Kier molecular flexibility index (Phi) is 4.25. The van der Waals surface area contributed by atoms with E-state index in [0.717, 1.165) is 0 Å². The average Bonchev–Trinajstić information content (AvgIpc) is 1.61. The molecular formula is C5H9OS. The molecule has 1 radical (unpaired) electrons. The van der Waals surface area contributed by atoms with Gasteiger partial charge in [0.05, 0.1) is 18.1 Å². The molecule has 0 heterocycles. The summed E-state index contributed by atoms with van der Waals surface area (Å²) < 4.78 is 4.98. The molecule has 0 aliphatic heterocycles. The average molecular weight is 117 g/mol. The first-order valence-corrected chi connectivity index (χ1v) is 2.65. The predicted octanol–water partition coefficient (Wildman–Crippen LogP) is 1.29. The van der Waals surface area contributed by atoms with Crippen LogP contribution in [0.5, 0.6) is 0 Å². The molecule has 0 amide bonds.